The fraction of sp³-hybridized carbons (Fsp3) is 0.750. The number of rotatable bonds is 6. The number of hydrazine groups is 1. The zero-order valence-electron chi connectivity index (χ0n) is 11.7. The molecule has 0 aliphatic rings. The second-order valence-electron chi connectivity index (χ2n) is 4.90. The van der Waals surface area contributed by atoms with Crippen molar-refractivity contribution in [3.05, 3.63) is 16.4 Å². The number of aryl methyl sites for hydroxylation is 2. The molecule has 5 nitrogen and oxygen atoms in total. The maximum absolute atomic E-state index is 6.23. The summed E-state index contributed by atoms with van der Waals surface area (Å²) in [6.45, 7) is 6.17. The van der Waals surface area contributed by atoms with Crippen LogP contribution in [0.1, 0.15) is 25.1 Å². The second kappa shape index (κ2) is 6.52. The van der Waals surface area contributed by atoms with Crippen molar-refractivity contribution >= 4 is 11.6 Å². The van der Waals surface area contributed by atoms with E-state index >= 15 is 0 Å². The zero-order chi connectivity index (χ0) is 13.9. The number of nitrogens with one attached hydrogen (secondary N) is 1. The van der Waals surface area contributed by atoms with E-state index in [2.05, 4.69) is 24.4 Å². The highest BCUT2D eigenvalue weighted by Crippen LogP contribution is 2.22. The number of hydrogen-bond acceptors (Lipinski definition) is 4. The molecular formula is C12H23ClN4O. The van der Waals surface area contributed by atoms with Crippen molar-refractivity contribution in [2.75, 3.05) is 7.11 Å². The number of halogens is 1. The maximum Gasteiger partial charge on any atom is 0.130 e. The normalized spacial score (nSPS) is 15.1. The standard InChI is InChI=1S/C12H23ClN4O/c1-7(2)11(18-5)10(15-14)6-9-8(3)16-17(4)12(9)13/h7,10-11,15H,6,14H2,1-5H3. The summed E-state index contributed by atoms with van der Waals surface area (Å²) >= 11 is 6.23. The monoisotopic (exact) mass is 274 g/mol. The van der Waals surface area contributed by atoms with Crippen LogP contribution in [0.5, 0.6) is 0 Å². The first-order valence-electron chi connectivity index (χ1n) is 6.09. The van der Waals surface area contributed by atoms with Crippen molar-refractivity contribution in [1.29, 1.82) is 0 Å². The van der Waals surface area contributed by atoms with Crippen LogP contribution in [0.4, 0.5) is 0 Å². The largest absolute Gasteiger partial charge is 0.380 e. The van der Waals surface area contributed by atoms with Crippen molar-refractivity contribution in [1.82, 2.24) is 15.2 Å². The Hall–Kier alpha value is -0.620. The molecule has 0 spiro atoms. The minimum Gasteiger partial charge on any atom is -0.380 e. The number of ether oxygens (including phenoxy) is 1. The summed E-state index contributed by atoms with van der Waals surface area (Å²) in [4.78, 5) is 0. The van der Waals surface area contributed by atoms with Gasteiger partial charge in [-0.1, -0.05) is 25.4 Å². The quantitative estimate of drug-likeness (QED) is 0.608. The third-order valence-electron chi connectivity index (χ3n) is 3.23. The lowest BCUT2D eigenvalue weighted by molar-refractivity contribution is 0.0332. The van der Waals surface area contributed by atoms with Crippen LogP contribution in [0.25, 0.3) is 0 Å². The van der Waals surface area contributed by atoms with Gasteiger partial charge in [0.05, 0.1) is 17.8 Å². The van der Waals surface area contributed by atoms with Crippen molar-refractivity contribution in [3.63, 3.8) is 0 Å². The number of nitrogens with two attached hydrogens (primary N) is 1. The van der Waals surface area contributed by atoms with Crippen LogP contribution in [0.3, 0.4) is 0 Å². The van der Waals surface area contributed by atoms with Gasteiger partial charge in [0.25, 0.3) is 0 Å². The molecule has 1 heterocycles. The van der Waals surface area contributed by atoms with E-state index in [9.17, 15) is 0 Å². The van der Waals surface area contributed by atoms with Gasteiger partial charge in [0, 0.05) is 19.7 Å². The Morgan fingerprint density at radius 1 is 1.50 bits per heavy atom. The summed E-state index contributed by atoms with van der Waals surface area (Å²) in [6.07, 6.45) is 0.733. The molecule has 1 aromatic rings. The van der Waals surface area contributed by atoms with Crippen molar-refractivity contribution < 1.29 is 4.74 Å². The smallest absolute Gasteiger partial charge is 0.130 e. The Balaban J connectivity index is 2.92. The molecule has 0 aliphatic heterocycles. The van der Waals surface area contributed by atoms with Gasteiger partial charge in [-0.05, 0) is 19.3 Å². The summed E-state index contributed by atoms with van der Waals surface area (Å²) in [6, 6.07) is 0.00963. The van der Waals surface area contributed by atoms with Crippen LogP contribution in [0, 0.1) is 12.8 Å². The molecule has 0 saturated heterocycles. The minimum atomic E-state index is 0.00963. The van der Waals surface area contributed by atoms with Crippen molar-refractivity contribution in [2.24, 2.45) is 18.8 Å². The molecule has 1 aromatic heterocycles. The first-order chi connectivity index (χ1) is 8.42. The van der Waals surface area contributed by atoms with Crippen LogP contribution in [-0.4, -0.2) is 29.0 Å². The molecule has 3 N–H and O–H groups in total. The molecule has 6 heteroatoms. The summed E-state index contributed by atoms with van der Waals surface area (Å²) in [5.74, 6) is 6.01. The highest BCUT2D eigenvalue weighted by Gasteiger charge is 2.26. The van der Waals surface area contributed by atoms with Crippen LogP contribution < -0.4 is 11.3 Å². The van der Waals surface area contributed by atoms with Crippen molar-refractivity contribution in [2.45, 2.75) is 39.3 Å². The van der Waals surface area contributed by atoms with Crippen molar-refractivity contribution in [3.8, 4) is 0 Å². The van der Waals surface area contributed by atoms with E-state index in [0.29, 0.717) is 17.5 Å². The van der Waals surface area contributed by atoms with E-state index < -0.39 is 0 Å². The van der Waals surface area contributed by atoms with Gasteiger partial charge in [0.15, 0.2) is 0 Å². The number of nitrogens with zero attached hydrogens (tertiary/aromatic N) is 2. The number of methoxy groups -OCH3 is 1. The average molecular weight is 275 g/mol. The Morgan fingerprint density at radius 3 is 2.44 bits per heavy atom. The van der Waals surface area contributed by atoms with Crippen LogP contribution in [-0.2, 0) is 18.2 Å². The first kappa shape index (κ1) is 15.4. The van der Waals surface area contributed by atoms with Gasteiger partial charge in [-0.25, -0.2) is 0 Å². The molecule has 104 valence electrons. The molecule has 2 atom stereocenters. The van der Waals surface area contributed by atoms with Crippen LogP contribution >= 0.6 is 11.6 Å². The van der Waals surface area contributed by atoms with Gasteiger partial charge in [0.2, 0.25) is 0 Å². The Bertz CT molecular complexity index is 392. The predicted molar refractivity (Wildman–Crippen MR) is 73.4 cm³/mol. The molecule has 0 radical (unpaired) electrons. The lowest BCUT2D eigenvalue weighted by atomic mass is 9.94. The summed E-state index contributed by atoms with van der Waals surface area (Å²) < 4.78 is 7.19. The van der Waals surface area contributed by atoms with E-state index in [1.54, 1.807) is 11.8 Å². The van der Waals surface area contributed by atoms with E-state index in [-0.39, 0.29) is 12.1 Å². The summed E-state index contributed by atoms with van der Waals surface area (Å²) in [5, 5.41) is 4.96. The minimum absolute atomic E-state index is 0.00963. The van der Waals surface area contributed by atoms with Gasteiger partial charge < -0.3 is 4.74 Å². The van der Waals surface area contributed by atoms with E-state index in [0.717, 1.165) is 11.3 Å². The molecule has 0 fully saturated rings. The molecule has 1 rings (SSSR count). The molecule has 18 heavy (non-hydrogen) atoms. The summed E-state index contributed by atoms with van der Waals surface area (Å²) in [7, 11) is 3.53. The van der Waals surface area contributed by atoms with Gasteiger partial charge in [-0.3, -0.25) is 16.0 Å². The summed E-state index contributed by atoms with van der Waals surface area (Å²) in [5.41, 5.74) is 4.78. The third kappa shape index (κ3) is 3.23. The highest BCUT2D eigenvalue weighted by atomic mass is 35.5. The lowest BCUT2D eigenvalue weighted by Gasteiger charge is -2.28. The second-order valence-corrected chi connectivity index (χ2v) is 5.26. The van der Waals surface area contributed by atoms with Crippen LogP contribution in [0.2, 0.25) is 5.15 Å². The number of hydrogen-bond donors (Lipinski definition) is 2. The SMILES string of the molecule is COC(C(C)C)C(Cc1c(C)nn(C)c1Cl)NN. The average Bonchev–Trinajstić information content (AvgIpc) is 2.54. The van der Waals surface area contributed by atoms with Gasteiger partial charge in [0.1, 0.15) is 5.15 Å². The first-order valence-corrected chi connectivity index (χ1v) is 6.47. The van der Waals surface area contributed by atoms with Gasteiger partial charge in [-0.15, -0.1) is 0 Å². The molecule has 0 aromatic carbocycles. The molecule has 0 bridgehead atoms. The lowest BCUT2D eigenvalue weighted by Crippen LogP contribution is -2.48. The van der Waals surface area contributed by atoms with E-state index in [1.807, 2.05) is 14.0 Å². The van der Waals surface area contributed by atoms with E-state index in [1.165, 1.54) is 0 Å². The van der Waals surface area contributed by atoms with Gasteiger partial charge >= 0.3 is 0 Å². The van der Waals surface area contributed by atoms with Crippen LogP contribution in [0.15, 0.2) is 0 Å². The van der Waals surface area contributed by atoms with E-state index in [4.69, 9.17) is 22.2 Å². The topological polar surface area (TPSA) is 65.1 Å². The highest BCUT2D eigenvalue weighted by molar-refractivity contribution is 6.30. The molecule has 2 unspecified atom stereocenters. The Labute approximate surface area is 114 Å². The maximum atomic E-state index is 6.23. The van der Waals surface area contributed by atoms with Gasteiger partial charge in [-0.2, -0.15) is 5.10 Å². The fourth-order valence-corrected chi connectivity index (χ4v) is 2.55. The third-order valence-corrected chi connectivity index (χ3v) is 3.71. The molecule has 0 saturated carbocycles. The molecule has 0 amide bonds. The fourth-order valence-electron chi connectivity index (χ4n) is 2.30. The Morgan fingerprint density at radius 2 is 2.11 bits per heavy atom. The Kier molecular flexibility index (Phi) is 5.59. The molecular weight excluding hydrogens is 252 g/mol. The zero-order valence-corrected chi connectivity index (χ0v) is 12.5. The number of aromatic nitrogens is 2. The predicted octanol–water partition coefficient (Wildman–Crippen LogP) is 1.43. The molecule has 0 aliphatic carbocycles.